The number of guanidine groups is 1. The third-order valence-electron chi connectivity index (χ3n) is 3.16. The van der Waals surface area contributed by atoms with Crippen molar-refractivity contribution in [1.29, 1.82) is 0 Å². The maximum atomic E-state index is 11.1. The van der Waals surface area contributed by atoms with Crippen molar-refractivity contribution in [2.45, 2.75) is 46.5 Å². The van der Waals surface area contributed by atoms with Crippen LogP contribution in [0.2, 0.25) is 0 Å². The van der Waals surface area contributed by atoms with Gasteiger partial charge in [0.1, 0.15) is 9.84 Å². The molecule has 128 valence electrons. The number of nitrogens with zero attached hydrogens (tertiary/aromatic N) is 1. The summed E-state index contributed by atoms with van der Waals surface area (Å²) in [5.41, 5.74) is 0. The fourth-order valence-corrected chi connectivity index (χ4v) is 2.31. The molecule has 2 N–H and O–H groups in total. The predicted octanol–water partition coefficient (Wildman–Crippen LogP) is 2.42. The predicted molar refractivity (Wildman–Crippen MR) is 102 cm³/mol. The molecule has 21 heavy (non-hydrogen) atoms. The van der Waals surface area contributed by atoms with E-state index in [9.17, 15) is 8.42 Å². The highest BCUT2D eigenvalue weighted by atomic mass is 127. The number of aliphatic imine (C=N–C) groups is 1. The Hall–Kier alpha value is -0.0500. The first-order valence-corrected chi connectivity index (χ1v) is 9.68. The molecule has 0 bridgehead atoms. The van der Waals surface area contributed by atoms with Crippen LogP contribution in [0.1, 0.15) is 46.5 Å². The highest BCUT2D eigenvalue weighted by Gasteiger charge is 2.07. The number of sulfone groups is 1. The van der Waals surface area contributed by atoms with E-state index in [1.54, 1.807) is 0 Å². The van der Waals surface area contributed by atoms with E-state index in [1.807, 2.05) is 6.92 Å². The molecule has 1 atom stereocenters. The van der Waals surface area contributed by atoms with Gasteiger partial charge in [-0.15, -0.1) is 24.0 Å². The van der Waals surface area contributed by atoms with Crippen LogP contribution in [0.15, 0.2) is 4.99 Å². The van der Waals surface area contributed by atoms with Gasteiger partial charge in [-0.25, -0.2) is 8.42 Å². The van der Waals surface area contributed by atoms with E-state index in [2.05, 4.69) is 29.5 Å². The lowest BCUT2D eigenvalue weighted by atomic mass is 10.00. The van der Waals surface area contributed by atoms with Gasteiger partial charge in [0, 0.05) is 25.9 Å². The Labute approximate surface area is 147 Å². The molecule has 0 aliphatic rings. The van der Waals surface area contributed by atoms with Crippen molar-refractivity contribution in [2.24, 2.45) is 10.9 Å². The molecular weight excluding hydrogens is 401 g/mol. The monoisotopic (exact) mass is 433 g/mol. The van der Waals surface area contributed by atoms with Crippen molar-refractivity contribution < 1.29 is 8.42 Å². The zero-order valence-electron chi connectivity index (χ0n) is 13.8. The van der Waals surface area contributed by atoms with Gasteiger partial charge in [0.25, 0.3) is 0 Å². The van der Waals surface area contributed by atoms with Gasteiger partial charge in [0.15, 0.2) is 5.96 Å². The third-order valence-corrected chi connectivity index (χ3v) is 4.11. The second-order valence-electron chi connectivity index (χ2n) is 5.19. The van der Waals surface area contributed by atoms with Crippen LogP contribution < -0.4 is 10.6 Å². The highest BCUT2D eigenvalue weighted by Crippen LogP contribution is 2.12. The zero-order valence-corrected chi connectivity index (χ0v) is 17.0. The summed E-state index contributed by atoms with van der Waals surface area (Å²) in [6.45, 7) is 8.37. The van der Waals surface area contributed by atoms with Gasteiger partial charge in [-0.1, -0.05) is 33.1 Å². The van der Waals surface area contributed by atoms with E-state index in [-0.39, 0.29) is 29.7 Å². The molecule has 0 heterocycles. The van der Waals surface area contributed by atoms with Crippen LogP contribution in [0, 0.1) is 5.92 Å². The van der Waals surface area contributed by atoms with Gasteiger partial charge >= 0.3 is 0 Å². The molecule has 0 aliphatic carbocycles. The number of rotatable bonds is 10. The molecule has 0 fully saturated rings. The summed E-state index contributed by atoms with van der Waals surface area (Å²) in [6.07, 6.45) is 6.04. The number of unbranched alkanes of at least 4 members (excludes halogenated alkanes) is 1. The quantitative estimate of drug-likeness (QED) is 0.316. The largest absolute Gasteiger partial charge is 0.357 e. The van der Waals surface area contributed by atoms with Gasteiger partial charge in [0.2, 0.25) is 0 Å². The van der Waals surface area contributed by atoms with Crippen LogP contribution in [0.3, 0.4) is 0 Å². The smallest absolute Gasteiger partial charge is 0.191 e. The first-order chi connectivity index (χ1) is 9.42. The zero-order chi connectivity index (χ0) is 15.4. The Bertz CT molecular complexity index is 372. The SMILES string of the molecule is CCCCC(CC)CN=C(NCC)NCCS(C)(=O)=O.I. The fraction of sp³-hybridized carbons (Fsp3) is 0.929. The van der Waals surface area contributed by atoms with E-state index in [1.165, 1.54) is 25.5 Å². The standard InChI is InChI=1S/C14H31N3O2S.HI/c1-5-8-9-13(6-2)12-17-14(15-7-3)16-10-11-20(4,18)19;/h13H,5-12H2,1-4H3,(H2,15,16,17);1H. The maximum absolute atomic E-state index is 11.1. The average molecular weight is 433 g/mol. The van der Waals surface area contributed by atoms with Gasteiger partial charge in [-0.3, -0.25) is 4.99 Å². The normalized spacial score (nSPS) is 13.4. The Balaban J connectivity index is 0. The lowest BCUT2D eigenvalue weighted by molar-refractivity contribution is 0.461. The van der Waals surface area contributed by atoms with Crippen molar-refractivity contribution in [2.75, 3.05) is 31.6 Å². The third kappa shape index (κ3) is 14.6. The van der Waals surface area contributed by atoms with Crippen molar-refractivity contribution >= 4 is 39.8 Å². The Morgan fingerprint density at radius 1 is 1.19 bits per heavy atom. The summed E-state index contributed by atoms with van der Waals surface area (Å²) >= 11 is 0. The molecule has 0 aliphatic heterocycles. The summed E-state index contributed by atoms with van der Waals surface area (Å²) in [7, 11) is -2.93. The lowest BCUT2D eigenvalue weighted by Crippen LogP contribution is -2.39. The molecule has 1 unspecified atom stereocenters. The van der Waals surface area contributed by atoms with E-state index in [4.69, 9.17) is 0 Å². The summed E-state index contributed by atoms with van der Waals surface area (Å²) in [4.78, 5) is 4.56. The topological polar surface area (TPSA) is 70.6 Å². The molecule has 7 heteroatoms. The minimum atomic E-state index is -2.93. The molecule has 0 saturated carbocycles. The van der Waals surface area contributed by atoms with Crippen LogP contribution in [0.4, 0.5) is 0 Å². The Kier molecular flexibility index (Phi) is 15.0. The Morgan fingerprint density at radius 2 is 1.86 bits per heavy atom. The fourth-order valence-electron chi connectivity index (χ4n) is 1.83. The number of halogens is 1. The maximum Gasteiger partial charge on any atom is 0.191 e. The molecule has 0 rings (SSSR count). The van der Waals surface area contributed by atoms with Gasteiger partial charge in [0.05, 0.1) is 5.75 Å². The number of nitrogens with one attached hydrogen (secondary N) is 2. The highest BCUT2D eigenvalue weighted by molar-refractivity contribution is 14.0. The molecule has 0 aromatic carbocycles. The number of hydrogen-bond acceptors (Lipinski definition) is 3. The molecule has 5 nitrogen and oxygen atoms in total. The van der Waals surface area contributed by atoms with E-state index in [0.717, 1.165) is 19.5 Å². The van der Waals surface area contributed by atoms with Crippen molar-refractivity contribution in [1.82, 2.24) is 10.6 Å². The van der Waals surface area contributed by atoms with Crippen LogP contribution in [0.25, 0.3) is 0 Å². The van der Waals surface area contributed by atoms with E-state index < -0.39 is 9.84 Å². The first-order valence-electron chi connectivity index (χ1n) is 7.62. The first kappa shape index (κ1) is 23.2. The Morgan fingerprint density at radius 3 is 2.33 bits per heavy atom. The molecular formula is C14H32IN3O2S. The second-order valence-corrected chi connectivity index (χ2v) is 7.45. The molecule has 0 aromatic rings. The minimum absolute atomic E-state index is 0. The second kappa shape index (κ2) is 13.6. The van der Waals surface area contributed by atoms with Crippen LogP contribution in [-0.2, 0) is 9.84 Å². The van der Waals surface area contributed by atoms with E-state index >= 15 is 0 Å². The number of hydrogen-bond donors (Lipinski definition) is 2. The lowest BCUT2D eigenvalue weighted by Gasteiger charge is -2.14. The average Bonchev–Trinajstić information content (AvgIpc) is 2.37. The van der Waals surface area contributed by atoms with Crippen LogP contribution in [0.5, 0.6) is 0 Å². The van der Waals surface area contributed by atoms with E-state index in [0.29, 0.717) is 18.4 Å². The van der Waals surface area contributed by atoms with Crippen molar-refractivity contribution in [3.8, 4) is 0 Å². The molecule has 0 amide bonds. The van der Waals surface area contributed by atoms with Crippen molar-refractivity contribution in [3.05, 3.63) is 0 Å². The summed E-state index contributed by atoms with van der Waals surface area (Å²) in [5, 5.41) is 6.22. The molecule has 0 radical (unpaired) electrons. The van der Waals surface area contributed by atoms with Crippen LogP contribution in [-0.4, -0.2) is 46.0 Å². The molecule has 0 saturated heterocycles. The molecule has 0 aromatic heterocycles. The van der Waals surface area contributed by atoms with Gasteiger partial charge < -0.3 is 10.6 Å². The van der Waals surface area contributed by atoms with Gasteiger partial charge in [-0.05, 0) is 19.3 Å². The van der Waals surface area contributed by atoms with Crippen LogP contribution >= 0.6 is 24.0 Å². The minimum Gasteiger partial charge on any atom is -0.357 e. The molecule has 0 spiro atoms. The van der Waals surface area contributed by atoms with Crippen molar-refractivity contribution in [3.63, 3.8) is 0 Å². The van der Waals surface area contributed by atoms with Gasteiger partial charge in [-0.2, -0.15) is 0 Å². The summed E-state index contributed by atoms with van der Waals surface area (Å²) in [6, 6.07) is 0. The summed E-state index contributed by atoms with van der Waals surface area (Å²) in [5.74, 6) is 1.45. The summed E-state index contributed by atoms with van der Waals surface area (Å²) < 4.78 is 22.2.